The number of rotatable bonds is 6. The lowest BCUT2D eigenvalue weighted by Gasteiger charge is -2.35. The van der Waals surface area contributed by atoms with Crippen LogP contribution in [0.4, 0.5) is 10.1 Å². The van der Waals surface area contributed by atoms with E-state index >= 15 is 0 Å². The summed E-state index contributed by atoms with van der Waals surface area (Å²) in [7, 11) is 3.68. The van der Waals surface area contributed by atoms with E-state index in [2.05, 4.69) is 44.4 Å². The first-order chi connectivity index (χ1) is 14.4. The third-order valence-corrected chi connectivity index (χ3v) is 5.95. The molecule has 1 fully saturated rings. The normalized spacial score (nSPS) is 15.5. The van der Waals surface area contributed by atoms with Crippen molar-refractivity contribution in [3.8, 4) is 0 Å². The van der Waals surface area contributed by atoms with Crippen molar-refractivity contribution >= 4 is 11.6 Å². The van der Waals surface area contributed by atoms with E-state index < -0.39 is 0 Å². The molecule has 0 amide bonds. The molecule has 164 valence electrons. The summed E-state index contributed by atoms with van der Waals surface area (Å²) >= 11 is 0. The summed E-state index contributed by atoms with van der Waals surface area (Å²) in [5.41, 5.74) is 4.89. The number of hydrogen-bond acceptors (Lipinski definition) is 4. The predicted molar refractivity (Wildman–Crippen MR) is 120 cm³/mol. The summed E-state index contributed by atoms with van der Waals surface area (Å²) in [6, 6.07) is 5.50. The predicted octanol–water partition coefficient (Wildman–Crippen LogP) is 2.18. The third-order valence-electron chi connectivity index (χ3n) is 5.95. The zero-order valence-corrected chi connectivity index (χ0v) is 18.8. The Morgan fingerprint density at radius 2 is 1.83 bits per heavy atom. The quantitative estimate of drug-likeness (QED) is 0.559. The maximum atomic E-state index is 14.7. The topological polar surface area (TPSA) is 60.7 Å². The molecule has 0 saturated carbocycles. The van der Waals surface area contributed by atoms with Gasteiger partial charge in [0.1, 0.15) is 5.82 Å². The number of aryl methyl sites for hydroxylation is 2. The lowest BCUT2D eigenvalue weighted by atomic mass is 10.1. The molecule has 30 heavy (non-hydrogen) atoms. The number of piperazine rings is 1. The Balaban J connectivity index is 1.55. The van der Waals surface area contributed by atoms with E-state index in [1.165, 1.54) is 5.56 Å². The molecule has 2 aromatic rings. The van der Waals surface area contributed by atoms with Crippen molar-refractivity contribution in [3.05, 3.63) is 46.5 Å². The van der Waals surface area contributed by atoms with Gasteiger partial charge in [0.05, 0.1) is 11.4 Å². The lowest BCUT2D eigenvalue weighted by Crippen LogP contribution is -2.46. The zero-order valence-electron chi connectivity index (χ0n) is 18.8. The summed E-state index contributed by atoms with van der Waals surface area (Å²) < 4.78 is 16.6. The molecule has 2 heterocycles. The highest BCUT2D eigenvalue weighted by Gasteiger charge is 2.18. The zero-order chi connectivity index (χ0) is 21.7. The minimum atomic E-state index is -0.163. The van der Waals surface area contributed by atoms with Gasteiger partial charge >= 0.3 is 0 Å². The fourth-order valence-electron chi connectivity index (χ4n) is 3.87. The Bertz CT molecular complexity index is 882. The first-order valence-electron chi connectivity index (χ1n) is 10.6. The Labute approximate surface area is 179 Å². The molecule has 0 atom stereocenters. The third kappa shape index (κ3) is 5.11. The molecule has 1 aliphatic rings. The highest BCUT2D eigenvalue weighted by atomic mass is 19.1. The van der Waals surface area contributed by atoms with Crippen LogP contribution in [0.2, 0.25) is 0 Å². The first kappa shape index (κ1) is 22.1. The average Bonchev–Trinajstić information content (AvgIpc) is 2.99. The molecular formula is C22H34FN7. The van der Waals surface area contributed by atoms with Gasteiger partial charge in [-0.15, -0.1) is 0 Å². The first-order valence-corrected chi connectivity index (χ1v) is 10.6. The Morgan fingerprint density at radius 1 is 1.13 bits per heavy atom. The Morgan fingerprint density at radius 3 is 2.40 bits per heavy atom. The van der Waals surface area contributed by atoms with E-state index in [1.807, 2.05) is 30.8 Å². The standard InChI is InChI=1S/C22H34FN7/c1-6-29-9-11-30(12-10-29)21-8-7-18(13-20(21)23)14-25-22(24-4)26-15-19-16(2)27-28(5)17(19)3/h7-8,13H,6,9-12,14-15H2,1-5H3,(H2,24,25,26). The Hall–Kier alpha value is -2.61. The van der Waals surface area contributed by atoms with Crippen molar-refractivity contribution in [1.29, 1.82) is 0 Å². The molecule has 2 N–H and O–H groups in total. The lowest BCUT2D eigenvalue weighted by molar-refractivity contribution is 0.270. The van der Waals surface area contributed by atoms with E-state index in [4.69, 9.17) is 0 Å². The number of aliphatic imine (C=N–C) groups is 1. The van der Waals surface area contributed by atoms with Crippen molar-refractivity contribution in [1.82, 2.24) is 25.3 Å². The molecule has 1 aliphatic heterocycles. The van der Waals surface area contributed by atoms with Crippen LogP contribution in [0.3, 0.4) is 0 Å². The summed E-state index contributed by atoms with van der Waals surface area (Å²) in [6.07, 6.45) is 0. The van der Waals surface area contributed by atoms with Crippen LogP contribution in [0.25, 0.3) is 0 Å². The molecule has 0 radical (unpaired) electrons. The van der Waals surface area contributed by atoms with Crippen LogP contribution in [0.15, 0.2) is 23.2 Å². The van der Waals surface area contributed by atoms with Gasteiger partial charge in [0.2, 0.25) is 0 Å². The molecule has 8 heteroatoms. The number of nitrogens with one attached hydrogen (secondary N) is 2. The smallest absolute Gasteiger partial charge is 0.191 e. The van der Waals surface area contributed by atoms with E-state index in [0.717, 1.165) is 49.7 Å². The van der Waals surface area contributed by atoms with E-state index in [0.29, 0.717) is 24.7 Å². The number of hydrogen-bond donors (Lipinski definition) is 2. The SMILES string of the molecule is CCN1CCN(c2ccc(CNC(=NC)NCc3c(C)nn(C)c3C)cc2F)CC1. The summed E-state index contributed by atoms with van der Waals surface area (Å²) in [4.78, 5) is 8.80. The number of anilines is 1. The molecule has 1 saturated heterocycles. The number of nitrogens with zero attached hydrogens (tertiary/aromatic N) is 5. The molecule has 0 aliphatic carbocycles. The van der Waals surface area contributed by atoms with Crippen LogP contribution >= 0.6 is 0 Å². The Kier molecular flexibility index (Phi) is 7.31. The number of benzene rings is 1. The largest absolute Gasteiger partial charge is 0.367 e. The maximum Gasteiger partial charge on any atom is 0.191 e. The van der Waals surface area contributed by atoms with E-state index in [1.54, 1.807) is 13.1 Å². The fourth-order valence-corrected chi connectivity index (χ4v) is 3.87. The van der Waals surface area contributed by atoms with Crippen LogP contribution in [-0.2, 0) is 20.1 Å². The van der Waals surface area contributed by atoms with Crippen LogP contribution in [0.5, 0.6) is 0 Å². The molecule has 7 nitrogen and oxygen atoms in total. The molecule has 0 spiro atoms. The second-order valence-corrected chi connectivity index (χ2v) is 7.76. The van der Waals surface area contributed by atoms with Gasteiger partial charge in [0.15, 0.2) is 5.96 Å². The highest BCUT2D eigenvalue weighted by Crippen LogP contribution is 2.22. The minimum Gasteiger partial charge on any atom is -0.367 e. The second kappa shape index (κ2) is 9.93. The molecule has 1 aromatic carbocycles. The van der Waals surface area contributed by atoms with Gasteiger partial charge in [-0.3, -0.25) is 9.67 Å². The summed E-state index contributed by atoms with van der Waals surface area (Å²) in [5, 5.41) is 11.0. The van der Waals surface area contributed by atoms with E-state index in [9.17, 15) is 4.39 Å². The van der Waals surface area contributed by atoms with Gasteiger partial charge < -0.3 is 20.4 Å². The summed E-state index contributed by atoms with van der Waals surface area (Å²) in [6.45, 7) is 12.1. The molecular weight excluding hydrogens is 381 g/mol. The van der Waals surface area contributed by atoms with Crippen molar-refractivity contribution in [3.63, 3.8) is 0 Å². The molecule has 1 aromatic heterocycles. The van der Waals surface area contributed by atoms with Crippen molar-refractivity contribution in [2.45, 2.75) is 33.9 Å². The van der Waals surface area contributed by atoms with Gasteiger partial charge in [-0.1, -0.05) is 13.0 Å². The van der Waals surface area contributed by atoms with Crippen molar-refractivity contribution < 1.29 is 4.39 Å². The number of halogens is 1. The van der Waals surface area contributed by atoms with Crippen LogP contribution in [0.1, 0.15) is 29.4 Å². The number of aromatic nitrogens is 2. The second-order valence-electron chi connectivity index (χ2n) is 7.76. The monoisotopic (exact) mass is 415 g/mol. The van der Waals surface area contributed by atoms with Crippen LogP contribution in [-0.4, -0.2) is 60.4 Å². The van der Waals surface area contributed by atoms with Gasteiger partial charge in [-0.2, -0.15) is 5.10 Å². The summed E-state index contributed by atoms with van der Waals surface area (Å²) in [5.74, 6) is 0.515. The van der Waals surface area contributed by atoms with Gasteiger partial charge in [0, 0.05) is 64.6 Å². The van der Waals surface area contributed by atoms with Gasteiger partial charge in [-0.25, -0.2) is 4.39 Å². The number of likely N-dealkylation sites (N-methyl/N-ethyl adjacent to an activating group) is 1. The van der Waals surface area contributed by atoms with E-state index in [-0.39, 0.29) is 5.82 Å². The molecule has 0 unspecified atom stereocenters. The van der Waals surface area contributed by atoms with Crippen LogP contribution in [0, 0.1) is 19.7 Å². The van der Waals surface area contributed by atoms with Gasteiger partial charge in [0.25, 0.3) is 0 Å². The fraction of sp³-hybridized carbons (Fsp3) is 0.545. The van der Waals surface area contributed by atoms with Gasteiger partial charge in [-0.05, 0) is 38.1 Å². The highest BCUT2D eigenvalue weighted by molar-refractivity contribution is 5.79. The minimum absolute atomic E-state index is 0.163. The van der Waals surface area contributed by atoms with Crippen LogP contribution < -0.4 is 15.5 Å². The molecule has 3 rings (SSSR count). The van der Waals surface area contributed by atoms with Crippen molar-refractivity contribution in [2.75, 3.05) is 44.7 Å². The van der Waals surface area contributed by atoms with Crippen molar-refractivity contribution in [2.24, 2.45) is 12.0 Å². The average molecular weight is 416 g/mol. The number of guanidine groups is 1. The molecule has 0 bridgehead atoms. The maximum absolute atomic E-state index is 14.7.